The second kappa shape index (κ2) is 6.30. The maximum absolute atomic E-state index is 12.0. The molecule has 0 atom stereocenters. The minimum absolute atomic E-state index is 0.322. The minimum atomic E-state index is -0.322. The highest BCUT2D eigenvalue weighted by Gasteiger charge is 2.12. The zero-order valence-electron chi connectivity index (χ0n) is 12.8. The first kappa shape index (κ1) is 14.8. The number of amides is 2. The third-order valence-corrected chi connectivity index (χ3v) is 3.27. The summed E-state index contributed by atoms with van der Waals surface area (Å²) in [5.41, 5.74) is 2.15. The van der Waals surface area contributed by atoms with Crippen LogP contribution in [0.1, 0.15) is 17.0 Å². The smallest absolute Gasteiger partial charge is 0.319 e. The number of urea groups is 1. The lowest BCUT2D eigenvalue weighted by atomic mass is 10.2. The molecule has 8 nitrogen and oxygen atoms in total. The van der Waals surface area contributed by atoms with E-state index in [1.807, 2.05) is 24.4 Å². The summed E-state index contributed by atoms with van der Waals surface area (Å²) in [5, 5.41) is 13.4. The predicted octanol–water partition coefficient (Wildman–Crippen LogP) is 2.19. The molecule has 118 valence electrons. The largest absolute Gasteiger partial charge is 0.359 e. The highest BCUT2D eigenvalue weighted by molar-refractivity contribution is 5.90. The lowest BCUT2D eigenvalue weighted by Crippen LogP contribution is -2.28. The molecule has 3 heterocycles. The van der Waals surface area contributed by atoms with Gasteiger partial charge in [-0.15, -0.1) is 0 Å². The van der Waals surface area contributed by atoms with E-state index < -0.39 is 0 Å². The van der Waals surface area contributed by atoms with E-state index in [-0.39, 0.29) is 6.03 Å². The van der Waals surface area contributed by atoms with Crippen LogP contribution in [0.5, 0.6) is 0 Å². The standard InChI is InChI=1S/C15H16N6O2/c1-10-14(11(2)23-20-10)19-15(22)17-9-12-4-6-16-13(8-12)21-7-3-5-18-21/h3-8H,9H2,1-2H3,(H2,17,19,22). The van der Waals surface area contributed by atoms with Crippen LogP contribution in [0.2, 0.25) is 0 Å². The normalized spacial score (nSPS) is 10.5. The van der Waals surface area contributed by atoms with E-state index >= 15 is 0 Å². The monoisotopic (exact) mass is 312 g/mol. The Morgan fingerprint density at radius 2 is 2.22 bits per heavy atom. The fraction of sp³-hybridized carbons (Fsp3) is 0.200. The van der Waals surface area contributed by atoms with Gasteiger partial charge in [0.2, 0.25) is 0 Å². The number of rotatable bonds is 4. The van der Waals surface area contributed by atoms with Crippen LogP contribution in [0.4, 0.5) is 10.5 Å². The van der Waals surface area contributed by atoms with Gasteiger partial charge in [0.1, 0.15) is 11.4 Å². The molecule has 0 aliphatic heterocycles. The molecule has 3 aromatic heterocycles. The molecular weight excluding hydrogens is 296 g/mol. The van der Waals surface area contributed by atoms with Gasteiger partial charge in [0.25, 0.3) is 0 Å². The first-order chi connectivity index (χ1) is 11.1. The van der Waals surface area contributed by atoms with Gasteiger partial charge in [0.05, 0.1) is 0 Å². The van der Waals surface area contributed by atoms with Crippen LogP contribution >= 0.6 is 0 Å². The molecule has 2 amide bonds. The molecule has 0 unspecified atom stereocenters. The summed E-state index contributed by atoms with van der Waals surface area (Å²) in [4.78, 5) is 16.2. The van der Waals surface area contributed by atoms with Gasteiger partial charge >= 0.3 is 6.03 Å². The Morgan fingerprint density at radius 1 is 1.35 bits per heavy atom. The molecule has 0 saturated heterocycles. The van der Waals surface area contributed by atoms with E-state index in [2.05, 4.69) is 25.9 Å². The average molecular weight is 312 g/mol. The fourth-order valence-electron chi connectivity index (χ4n) is 2.10. The lowest BCUT2D eigenvalue weighted by molar-refractivity contribution is 0.251. The average Bonchev–Trinajstić information content (AvgIpc) is 3.19. The fourth-order valence-corrected chi connectivity index (χ4v) is 2.10. The molecule has 0 aliphatic carbocycles. The number of aromatic nitrogens is 4. The molecule has 3 rings (SSSR count). The Kier molecular flexibility index (Phi) is 4.05. The highest BCUT2D eigenvalue weighted by Crippen LogP contribution is 2.18. The summed E-state index contributed by atoms with van der Waals surface area (Å²) in [6.45, 7) is 3.88. The van der Waals surface area contributed by atoms with Crippen molar-refractivity contribution in [3.05, 3.63) is 53.8 Å². The van der Waals surface area contributed by atoms with E-state index in [1.165, 1.54) is 0 Å². The number of hydrogen-bond acceptors (Lipinski definition) is 5. The number of pyridine rings is 1. The van der Waals surface area contributed by atoms with E-state index in [0.717, 1.165) is 5.56 Å². The molecule has 23 heavy (non-hydrogen) atoms. The zero-order chi connectivity index (χ0) is 16.2. The summed E-state index contributed by atoms with van der Waals surface area (Å²) >= 11 is 0. The van der Waals surface area contributed by atoms with Crippen LogP contribution in [0.3, 0.4) is 0 Å². The van der Waals surface area contributed by atoms with Gasteiger partial charge in [-0.05, 0) is 37.6 Å². The van der Waals surface area contributed by atoms with Crippen molar-refractivity contribution < 1.29 is 9.32 Å². The van der Waals surface area contributed by atoms with Gasteiger partial charge in [-0.3, -0.25) is 0 Å². The maximum atomic E-state index is 12.0. The molecule has 0 saturated carbocycles. The lowest BCUT2D eigenvalue weighted by Gasteiger charge is -2.08. The minimum Gasteiger partial charge on any atom is -0.359 e. The van der Waals surface area contributed by atoms with Crippen molar-refractivity contribution in [2.75, 3.05) is 5.32 Å². The molecule has 0 fully saturated rings. The third-order valence-electron chi connectivity index (χ3n) is 3.27. The Hall–Kier alpha value is -3.16. The molecular formula is C15H16N6O2. The SMILES string of the molecule is Cc1noc(C)c1NC(=O)NCc1ccnc(-n2cccn2)c1. The summed E-state index contributed by atoms with van der Waals surface area (Å²) in [6, 6.07) is 5.20. The molecule has 0 aliphatic rings. The van der Waals surface area contributed by atoms with Gasteiger partial charge in [0.15, 0.2) is 11.6 Å². The second-order valence-electron chi connectivity index (χ2n) is 4.98. The number of nitrogens with one attached hydrogen (secondary N) is 2. The molecule has 0 radical (unpaired) electrons. The molecule has 3 aromatic rings. The van der Waals surface area contributed by atoms with Crippen LogP contribution in [0, 0.1) is 13.8 Å². The van der Waals surface area contributed by atoms with Crippen molar-refractivity contribution in [3.8, 4) is 5.82 Å². The van der Waals surface area contributed by atoms with Gasteiger partial charge in [-0.1, -0.05) is 5.16 Å². The van der Waals surface area contributed by atoms with Gasteiger partial charge in [0, 0.05) is 25.1 Å². The van der Waals surface area contributed by atoms with Crippen LogP contribution < -0.4 is 10.6 Å². The van der Waals surface area contributed by atoms with E-state index in [9.17, 15) is 4.79 Å². The third kappa shape index (κ3) is 3.37. The Labute approximate surface area is 132 Å². The summed E-state index contributed by atoms with van der Waals surface area (Å²) in [5.74, 6) is 1.27. The Bertz CT molecular complexity index is 790. The van der Waals surface area contributed by atoms with Crippen molar-refractivity contribution >= 4 is 11.7 Å². The second-order valence-corrected chi connectivity index (χ2v) is 4.98. The van der Waals surface area contributed by atoms with Crippen molar-refractivity contribution in [2.24, 2.45) is 0 Å². The summed E-state index contributed by atoms with van der Waals surface area (Å²) in [7, 11) is 0. The molecule has 2 N–H and O–H groups in total. The first-order valence-electron chi connectivity index (χ1n) is 7.06. The topological polar surface area (TPSA) is 97.9 Å². The Morgan fingerprint density at radius 3 is 2.91 bits per heavy atom. The Balaban J connectivity index is 1.62. The van der Waals surface area contributed by atoms with E-state index in [4.69, 9.17) is 4.52 Å². The number of hydrogen-bond donors (Lipinski definition) is 2. The number of anilines is 1. The molecule has 0 aromatic carbocycles. The number of carbonyl (C=O) groups excluding carboxylic acids is 1. The van der Waals surface area contributed by atoms with Gasteiger partial charge in [-0.25, -0.2) is 14.5 Å². The van der Waals surface area contributed by atoms with Gasteiger partial charge in [-0.2, -0.15) is 5.10 Å². The molecule has 8 heteroatoms. The summed E-state index contributed by atoms with van der Waals surface area (Å²) < 4.78 is 6.67. The first-order valence-corrected chi connectivity index (χ1v) is 7.06. The van der Waals surface area contributed by atoms with E-state index in [1.54, 1.807) is 30.9 Å². The van der Waals surface area contributed by atoms with Crippen LogP contribution in [-0.2, 0) is 6.54 Å². The van der Waals surface area contributed by atoms with Crippen LogP contribution in [0.15, 0.2) is 41.3 Å². The maximum Gasteiger partial charge on any atom is 0.319 e. The summed E-state index contributed by atoms with van der Waals surface area (Å²) in [6.07, 6.45) is 5.17. The van der Waals surface area contributed by atoms with Crippen molar-refractivity contribution in [1.82, 2.24) is 25.2 Å². The number of aryl methyl sites for hydroxylation is 2. The van der Waals surface area contributed by atoms with Crippen molar-refractivity contribution in [2.45, 2.75) is 20.4 Å². The van der Waals surface area contributed by atoms with Crippen molar-refractivity contribution in [1.29, 1.82) is 0 Å². The van der Waals surface area contributed by atoms with Crippen LogP contribution in [0.25, 0.3) is 5.82 Å². The molecule has 0 bridgehead atoms. The van der Waals surface area contributed by atoms with Gasteiger partial charge < -0.3 is 15.2 Å². The predicted molar refractivity (Wildman–Crippen MR) is 83.2 cm³/mol. The molecule has 0 spiro atoms. The zero-order valence-corrected chi connectivity index (χ0v) is 12.8. The highest BCUT2D eigenvalue weighted by atomic mass is 16.5. The van der Waals surface area contributed by atoms with Crippen molar-refractivity contribution in [3.63, 3.8) is 0 Å². The quantitative estimate of drug-likeness (QED) is 0.769. The van der Waals surface area contributed by atoms with E-state index in [0.29, 0.717) is 29.5 Å². The van der Waals surface area contributed by atoms with Crippen LogP contribution in [-0.4, -0.2) is 26.0 Å². The number of carbonyl (C=O) groups is 1. The number of nitrogens with zero attached hydrogens (tertiary/aromatic N) is 4.